The van der Waals surface area contributed by atoms with Crippen LogP contribution in [0.1, 0.15) is 16.2 Å². The molecule has 0 aromatic carbocycles. The fourth-order valence-corrected chi connectivity index (χ4v) is 2.42. The van der Waals surface area contributed by atoms with E-state index in [0.717, 1.165) is 22.1 Å². The molecular formula is C12H6F3N3O2S. The monoisotopic (exact) mass is 313 g/mol. The van der Waals surface area contributed by atoms with Gasteiger partial charge >= 0.3 is 6.18 Å². The first-order valence-electron chi connectivity index (χ1n) is 5.61. The van der Waals surface area contributed by atoms with Gasteiger partial charge < -0.3 is 4.42 Å². The molecule has 108 valence electrons. The highest BCUT2D eigenvalue weighted by Gasteiger charge is 2.36. The predicted octanol–water partition coefficient (Wildman–Crippen LogP) is 3.42. The first-order chi connectivity index (χ1) is 9.99. The second kappa shape index (κ2) is 4.85. The van der Waals surface area contributed by atoms with Gasteiger partial charge in [-0.3, -0.25) is 4.79 Å². The number of furan rings is 1. The highest BCUT2D eigenvalue weighted by atomic mass is 32.1. The summed E-state index contributed by atoms with van der Waals surface area (Å²) in [6, 6.07) is 3.95. The number of carbonyl (C=O) groups is 1. The molecule has 0 aliphatic carbocycles. The number of aldehydes is 1. The topological polar surface area (TPSA) is 60.9 Å². The van der Waals surface area contributed by atoms with Crippen molar-refractivity contribution in [3.63, 3.8) is 0 Å². The van der Waals surface area contributed by atoms with Crippen molar-refractivity contribution in [2.75, 3.05) is 0 Å². The van der Waals surface area contributed by atoms with Crippen molar-refractivity contribution in [2.24, 2.45) is 0 Å². The molecule has 0 saturated carbocycles. The summed E-state index contributed by atoms with van der Waals surface area (Å²) < 4.78 is 44.6. The van der Waals surface area contributed by atoms with Crippen LogP contribution in [-0.4, -0.2) is 21.1 Å². The smallest absolute Gasteiger partial charge is 0.435 e. The van der Waals surface area contributed by atoms with Gasteiger partial charge in [-0.25, -0.2) is 9.67 Å². The lowest BCUT2D eigenvalue weighted by Gasteiger charge is -2.01. The Hall–Kier alpha value is -2.42. The fraction of sp³-hybridized carbons (Fsp3) is 0.0833. The van der Waals surface area contributed by atoms with Crippen molar-refractivity contribution in [1.29, 1.82) is 0 Å². The zero-order valence-electron chi connectivity index (χ0n) is 10.2. The Balaban J connectivity index is 2.18. The van der Waals surface area contributed by atoms with Crippen molar-refractivity contribution < 1.29 is 22.4 Å². The summed E-state index contributed by atoms with van der Waals surface area (Å²) in [6.07, 6.45) is -2.73. The molecule has 3 heterocycles. The lowest BCUT2D eigenvalue weighted by atomic mass is 10.3. The molecule has 21 heavy (non-hydrogen) atoms. The molecule has 9 heteroatoms. The van der Waals surface area contributed by atoms with E-state index in [-0.39, 0.29) is 22.3 Å². The molecule has 0 saturated heterocycles. The second-order valence-corrected chi connectivity index (χ2v) is 4.81. The fourth-order valence-electron chi connectivity index (χ4n) is 1.69. The number of hydrogen-bond acceptors (Lipinski definition) is 5. The van der Waals surface area contributed by atoms with E-state index in [9.17, 15) is 18.0 Å². The third kappa shape index (κ3) is 2.47. The van der Waals surface area contributed by atoms with Gasteiger partial charge in [0.1, 0.15) is 11.4 Å². The average Bonchev–Trinajstić information content (AvgIpc) is 3.16. The highest BCUT2D eigenvalue weighted by molar-refractivity contribution is 7.12. The van der Waals surface area contributed by atoms with Crippen LogP contribution in [0.5, 0.6) is 0 Å². The number of carbonyl (C=O) groups excluding carboxylic acids is 1. The Morgan fingerprint density at radius 1 is 1.38 bits per heavy atom. The van der Waals surface area contributed by atoms with Crippen LogP contribution in [0.2, 0.25) is 0 Å². The average molecular weight is 313 g/mol. The van der Waals surface area contributed by atoms with Crippen molar-refractivity contribution in [3.05, 3.63) is 41.2 Å². The van der Waals surface area contributed by atoms with E-state index in [1.54, 1.807) is 6.07 Å². The quantitative estimate of drug-likeness (QED) is 0.695. The molecule has 0 aliphatic heterocycles. The maximum atomic E-state index is 12.8. The molecular weight excluding hydrogens is 307 g/mol. The molecule has 3 aromatic heterocycles. The molecule has 0 atom stereocenters. The maximum absolute atomic E-state index is 12.8. The van der Waals surface area contributed by atoms with Crippen LogP contribution in [-0.2, 0) is 6.18 Å². The van der Waals surface area contributed by atoms with Crippen molar-refractivity contribution >= 4 is 17.6 Å². The van der Waals surface area contributed by atoms with E-state index < -0.39 is 11.9 Å². The minimum absolute atomic E-state index is 0.110. The zero-order valence-corrected chi connectivity index (χ0v) is 11.0. The molecule has 0 unspecified atom stereocenters. The Morgan fingerprint density at radius 3 is 2.76 bits per heavy atom. The highest BCUT2D eigenvalue weighted by Crippen LogP contribution is 2.33. The van der Waals surface area contributed by atoms with Gasteiger partial charge in [-0.05, 0) is 12.1 Å². The van der Waals surface area contributed by atoms with Crippen LogP contribution < -0.4 is 0 Å². The van der Waals surface area contributed by atoms with Gasteiger partial charge in [-0.15, -0.1) is 11.3 Å². The van der Waals surface area contributed by atoms with Crippen LogP contribution in [0.3, 0.4) is 0 Å². The lowest BCUT2D eigenvalue weighted by molar-refractivity contribution is -0.141. The van der Waals surface area contributed by atoms with Gasteiger partial charge in [0.15, 0.2) is 17.7 Å². The van der Waals surface area contributed by atoms with E-state index in [0.29, 0.717) is 6.29 Å². The van der Waals surface area contributed by atoms with Crippen LogP contribution in [0.4, 0.5) is 13.2 Å². The summed E-state index contributed by atoms with van der Waals surface area (Å²) in [7, 11) is 0. The van der Waals surface area contributed by atoms with Crippen LogP contribution in [0.15, 0.2) is 34.3 Å². The van der Waals surface area contributed by atoms with Crippen LogP contribution in [0, 0.1) is 0 Å². The largest absolute Gasteiger partial charge is 0.463 e. The molecule has 3 rings (SSSR count). The number of alkyl halides is 3. The number of nitrogens with zero attached hydrogens (tertiary/aromatic N) is 3. The number of rotatable bonds is 3. The Kier molecular flexibility index (Phi) is 3.13. The van der Waals surface area contributed by atoms with Crippen molar-refractivity contribution in [2.45, 2.75) is 6.18 Å². The number of halogens is 3. The maximum Gasteiger partial charge on any atom is 0.435 e. The zero-order chi connectivity index (χ0) is 15.0. The van der Waals surface area contributed by atoms with Gasteiger partial charge in [0.05, 0.1) is 6.26 Å². The van der Waals surface area contributed by atoms with Crippen molar-refractivity contribution in [3.8, 4) is 16.6 Å². The molecule has 0 radical (unpaired) electrons. The predicted molar refractivity (Wildman–Crippen MR) is 67.3 cm³/mol. The molecule has 0 amide bonds. The second-order valence-electron chi connectivity index (χ2n) is 3.97. The van der Waals surface area contributed by atoms with E-state index in [4.69, 9.17) is 4.42 Å². The first-order valence-corrected chi connectivity index (χ1v) is 6.49. The number of thiazole rings is 1. The number of hydrogen-bond donors (Lipinski definition) is 0. The van der Waals surface area contributed by atoms with Crippen LogP contribution in [0.25, 0.3) is 16.6 Å². The lowest BCUT2D eigenvalue weighted by Crippen LogP contribution is -2.07. The summed E-state index contributed by atoms with van der Waals surface area (Å²) >= 11 is 1.01. The van der Waals surface area contributed by atoms with Crippen molar-refractivity contribution in [1.82, 2.24) is 14.8 Å². The van der Waals surface area contributed by atoms with Crippen LogP contribution >= 0.6 is 11.3 Å². The molecule has 0 spiro atoms. The standard InChI is InChI=1S/C12H6F3N3O2S/c13-12(14,15)10-4-8(9-2-1-3-20-9)18(17-10)11-16-7(5-19)6-21-11/h1-6H. The Bertz CT molecular complexity index is 774. The molecule has 0 fully saturated rings. The minimum Gasteiger partial charge on any atom is -0.463 e. The summed E-state index contributed by atoms with van der Waals surface area (Å²) in [4.78, 5) is 14.6. The van der Waals surface area contributed by atoms with Gasteiger partial charge in [-0.2, -0.15) is 18.3 Å². The van der Waals surface area contributed by atoms with E-state index in [1.807, 2.05) is 0 Å². The van der Waals surface area contributed by atoms with E-state index >= 15 is 0 Å². The third-order valence-corrected chi connectivity index (χ3v) is 3.42. The SMILES string of the molecule is O=Cc1csc(-n2nc(C(F)(F)F)cc2-c2ccco2)n1. The summed E-state index contributed by atoms with van der Waals surface area (Å²) in [5, 5.41) is 5.10. The molecule has 0 aliphatic rings. The summed E-state index contributed by atoms with van der Waals surface area (Å²) in [5.74, 6) is 0.223. The Morgan fingerprint density at radius 2 is 2.19 bits per heavy atom. The van der Waals surface area contributed by atoms with Gasteiger partial charge in [0.2, 0.25) is 5.13 Å². The Labute approximate surface area is 119 Å². The van der Waals surface area contributed by atoms with Gasteiger partial charge in [-0.1, -0.05) is 0 Å². The molecule has 3 aromatic rings. The van der Waals surface area contributed by atoms with E-state index in [1.165, 1.54) is 17.7 Å². The third-order valence-electron chi connectivity index (χ3n) is 2.59. The van der Waals surface area contributed by atoms with Gasteiger partial charge in [0, 0.05) is 11.4 Å². The van der Waals surface area contributed by atoms with Gasteiger partial charge in [0.25, 0.3) is 0 Å². The first kappa shape index (κ1) is 13.6. The summed E-state index contributed by atoms with van der Waals surface area (Å²) in [5.41, 5.74) is -0.819. The molecule has 0 N–H and O–H groups in total. The molecule has 0 bridgehead atoms. The normalized spacial score (nSPS) is 11.8. The van der Waals surface area contributed by atoms with E-state index in [2.05, 4.69) is 10.1 Å². The summed E-state index contributed by atoms with van der Waals surface area (Å²) in [6.45, 7) is 0. The minimum atomic E-state index is -4.59. The molecule has 5 nitrogen and oxygen atoms in total. The number of aromatic nitrogens is 3.